The summed E-state index contributed by atoms with van der Waals surface area (Å²) in [6, 6.07) is 15.1. The zero-order valence-corrected chi connectivity index (χ0v) is 22.7. The Labute approximate surface area is 232 Å². The normalized spacial score (nSPS) is 15.2. The van der Waals surface area contributed by atoms with Crippen molar-refractivity contribution in [1.29, 1.82) is 0 Å². The molecule has 3 heterocycles. The van der Waals surface area contributed by atoms with Crippen LogP contribution < -0.4 is 15.4 Å². The fourth-order valence-corrected chi connectivity index (χ4v) is 4.75. The Morgan fingerprint density at radius 2 is 1.90 bits per heavy atom. The SMILES string of the molecule is Cc1ccc2c(NC(=O)C(C)C)cccc2c1Oc1ncccc1-c1ccnc(NC2CCCN(C(=O)O)C2)n1. The van der Waals surface area contributed by atoms with Gasteiger partial charge in [0.2, 0.25) is 17.7 Å². The summed E-state index contributed by atoms with van der Waals surface area (Å²) in [6.07, 6.45) is 4.01. The maximum atomic E-state index is 12.4. The van der Waals surface area contributed by atoms with E-state index in [1.54, 1.807) is 18.5 Å². The molecule has 0 radical (unpaired) electrons. The van der Waals surface area contributed by atoms with Gasteiger partial charge >= 0.3 is 6.09 Å². The molecule has 0 aliphatic carbocycles. The van der Waals surface area contributed by atoms with Crippen LogP contribution in [0.15, 0.2) is 60.9 Å². The number of hydrogen-bond donors (Lipinski definition) is 3. The summed E-state index contributed by atoms with van der Waals surface area (Å²) in [5, 5.41) is 17.4. The largest absolute Gasteiger partial charge is 0.465 e. The van der Waals surface area contributed by atoms with Crippen molar-refractivity contribution in [2.24, 2.45) is 5.92 Å². The van der Waals surface area contributed by atoms with E-state index in [2.05, 4.69) is 20.6 Å². The van der Waals surface area contributed by atoms with Crippen LogP contribution in [0.25, 0.3) is 22.0 Å². The van der Waals surface area contributed by atoms with Gasteiger partial charge < -0.3 is 25.4 Å². The van der Waals surface area contributed by atoms with E-state index < -0.39 is 6.09 Å². The molecule has 1 atom stereocenters. The topological polar surface area (TPSA) is 130 Å². The highest BCUT2D eigenvalue weighted by molar-refractivity contribution is 6.05. The summed E-state index contributed by atoms with van der Waals surface area (Å²) < 4.78 is 6.47. The number of carbonyl (C=O) groups excluding carboxylic acids is 1. The van der Waals surface area contributed by atoms with Crippen molar-refractivity contribution in [3.05, 3.63) is 66.5 Å². The Morgan fingerprint density at radius 3 is 2.70 bits per heavy atom. The number of piperidine rings is 1. The molecule has 2 aromatic heterocycles. The molecule has 1 unspecified atom stereocenters. The van der Waals surface area contributed by atoms with E-state index in [-0.39, 0.29) is 17.9 Å². The van der Waals surface area contributed by atoms with Gasteiger partial charge in [0.15, 0.2) is 0 Å². The number of carboxylic acid groups (broad SMARTS) is 1. The Hall–Kier alpha value is -4.73. The van der Waals surface area contributed by atoms with Crippen molar-refractivity contribution in [3.8, 4) is 22.9 Å². The lowest BCUT2D eigenvalue weighted by atomic mass is 10.0. The third-order valence-corrected chi connectivity index (χ3v) is 6.92. The maximum Gasteiger partial charge on any atom is 0.407 e. The number of fused-ring (bicyclic) bond motifs is 1. The van der Waals surface area contributed by atoms with Gasteiger partial charge in [-0.15, -0.1) is 0 Å². The van der Waals surface area contributed by atoms with Crippen LogP contribution in [-0.2, 0) is 4.79 Å². The second-order valence-corrected chi connectivity index (χ2v) is 10.2. The van der Waals surface area contributed by atoms with Crippen LogP contribution >= 0.6 is 0 Å². The predicted octanol–water partition coefficient (Wildman–Crippen LogP) is 5.94. The smallest absolute Gasteiger partial charge is 0.407 e. The number of amides is 2. The minimum absolute atomic E-state index is 0.0559. The first-order valence-electron chi connectivity index (χ1n) is 13.3. The number of ether oxygens (including phenoxy) is 1. The van der Waals surface area contributed by atoms with Crippen LogP contribution in [-0.4, -0.2) is 56.1 Å². The van der Waals surface area contributed by atoms with Gasteiger partial charge in [-0.3, -0.25) is 4.79 Å². The van der Waals surface area contributed by atoms with Gasteiger partial charge in [0.05, 0.1) is 11.3 Å². The average molecular weight is 541 g/mol. The average Bonchev–Trinajstić information content (AvgIpc) is 2.95. The van der Waals surface area contributed by atoms with Gasteiger partial charge in [-0.1, -0.05) is 38.1 Å². The summed E-state index contributed by atoms with van der Waals surface area (Å²) in [6.45, 7) is 6.59. The van der Waals surface area contributed by atoms with Crippen LogP contribution in [0.5, 0.6) is 11.6 Å². The molecule has 2 amide bonds. The zero-order valence-electron chi connectivity index (χ0n) is 22.7. The fraction of sp³-hybridized carbons (Fsp3) is 0.300. The van der Waals surface area contributed by atoms with Crippen LogP contribution in [0.3, 0.4) is 0 Å². The molecule has 1 aliphatic rings. The van der Waals surface area contributed by atoms with Gasteiger partial charge in [0.1, 0.15) is 5.75 Å². The van der Waals surface area contributed by atoms with Crippen molar-refractivity contribution < 1.29 is 19.4 Å². The molecule has 10 nitrogen and oxygen atoms in total. The number of pyridine rings is 1. The number of hydrogen-bond acceptors (Lipinski definition) is 7. The number of nitrogens with zero attached hydrogens (tertiary/aromatic N) is 4. The van der Waals surface area contributed by atoms with Gasteiger partial charge in [-0.05, 0) is 49.6 Å². The lowest BCUT2D eigenvalue weighted by Crippen LogP contribution is -2.44. The minimum Gasteiger partial charge on any atom is -0.465 e. The van der Waals surface area contributed by atoms with Crippen molar-refractivity contribution in [2.75, 3.05) is 23.7 Å². The monoisotopic (exact) mass is 540 g/mol. The van der Waals surface area contributed by atoms with E-state index in [1.165, 1.54) is 4.90 Å². The van der Waals surface area contributed by atoms with Gasteiger partial charge in [-0.25, -0.2) is 19.7 Å². The standard InChI is InChI=1S/C30H32N6O4/c1-18(2)27(37)34-24-10-4-8-22-21(24)12-11-19(3)26(22)40-28-23(9-5-14-31-28)25-13-15-32-29(35-25)33-20-7-6-16-36(17-20)30(38)39/h4-5,8-15,18,20H,6-7,16-17H2,1-3H3,(H,34,37)(H,38,39)(H,32,33,35). The van der Waals surface area contributed by atoms with Gasteiger partial charge in [-0.2, -0.15) is 0 Å². The summed E-state index contributed by atoms with van der Waals surface area (Å²) >= 11 is 0. The fourth-order valence-electron chi connectivity index (χ4n) is 4.75. The highest BCUT2D eigenvalue weighted by Crippen LogP contribution is 2.38. The Kier molecular flexibility index (Phi) is 7.77. The maximum absolute atomic E-state index is 12.4. The van der Waals surface area contributed by atoms with Gasteiger partial charge in [0, 0.05) is 53.9 Å². The molecule has 1 saturated heterocycles. The third-order valence-electron chi connectivity index (χ3n) is 6.92. The second kappa shape index (κ2) is 11.6. The molecule has 0 bridgehead atoms. The quantitative estimate of drug-likeness (QED) is 0.263. The lowest BCUT2D eigenvalue weighted by Gasteiger charge is -2.31. The zero-order chi connectivity index (χ0) is 28.2. The highest BCUT2D eigenvalue weighted by Gasteiger charge is 2.24. The number of likely N-dealkylation sites (tertiary alicyclic amines) is 1. The molecule has 3 N–H and O–H groups in total. The molecule has 1 aliphatic heterocycles. The van der Waals surface area contributed by atoms with Gasteiger partial charge in [0.25, 0.3) is 0 Å². The van der Waals surface area contributed by atoms with Crippen LogP contribution in [0.2, 0.25) is 0 Å². The summed E-state index contributed by atoms with van der Waals surface area (Å²) in [5.74, 6) is 1.24. The first-order chi connectivity index (χ1) is 19.3. The number of carbonyl (C=O) groups is 2. The van der Waals surface area contributed by atoms with E-state index in [0.29, 0.717) is 41.9 Å². The molecule has 0 spiro atoms. The molecule has 40 heavy (non-hydrogen) atoms. The molecule has 10 heteroatoms. The Morgan fingerprint density at radius 1 is 1.05 bits per heavy atom. The first-order valence-corrected chi connectivity index (χ1v) is 13.3. The van der Waals surface area contributed by atoms with Crippen LogP contribution in [0, 0.1) is 12.8 Å². The predicted molar refractivity (Wildman–Crippen MR) is 154 cm³/mol. The van der Waals surface area contributed by atoms with Crippen molar-refractivity contribution in [1.82, 2.24) is 19.9 Å². The van der Waals surface area contributed by atoms with Crippen molar-refractivity contribution in [3.63, 3.8) is 0 Å². The summed E-state index contributed by atoms with van der Waals surface area (Å²) in [5.41, 5.74) is 2.94. The van der Waals surface area contributed by atoms with E-state index in [4.69, 9.17) is 9.72 Å². The minimum atomic E-state index is -0.920. The summed E-state index contributed by atoms with van der Waals surface area (Å²) in [4.78, 5) is 38.8. The number of nitrogens with one attached hydrogen (secondary N) is 2. The van der Waals surface area contributed by atoms with Crippen LogP contribution in [0.1, 0.15) is 32.3 Å². The molecule has 206 valence electrons. The Balaban J connectivity index is 1.45. The first kappa shape index (κ1) is 26.9. The van der Waals surface area contributed by atoms with Crippen molar-refractivity contribution >= 4 is 34.4 Å². The summed E-state index contributed by atoms with van der Waals surface area (Å²) in [7, 11) is 0. The molecule has 0 saturated carbocycles. The number of aryl methyl sites for hydroxylation is 1. The second-order valence-electron chi connectivity index (χ2n) is 10.2. The molecular formula is C30H32N6O4. The lowest BCUT2D eigenvalue weighted by molar-refractivity contribution is -0.118. The molecular weight excluding hydrogens is 508 g/mol. The van der Waals surface area contributed by atoms with Crippen LogP contribution in [0.4, 0.5) is 16.4 Å². The third kappa shape index (κ3) is 5.80. The molecule has 4 aromatic rings. The van der Waals surface area contributed by atoms with E-state index in [0.717, 1.165) is 34.9 Å². The van der Waals surface area contributed by atoms with E-state index in [9.17, 15) is 14.7 Å². The number of anilines is 2. The Bertz CT molecular complexity index is 1560. The van der Waals surface area contributed by atoms with Crippen molar-refractivity contribution in [2.45, 2.75) is 39.7 Å². The molecule has 2 aromatic carbocycles. The molecule has 1 fully saturated rings. The van der Waals surface area contributed by atoms with E-state index in [1.807, 2.05) is 63.2 Å². The van der Waals surface area contributed by atoms with E-state index >= 15 is 0 Å². The number of aromatic nitrogens is 3. The molecule has 5 rings (SSSR count). The number of rotatable bonds is 7. The number of benzene rings is 2. The highest BCUT2D eigenvalue weighted by atomic mass is 16.5.